The van der Waals surface area contributed by atoms with Crippen LogP contribution in [0, 0.1) is 6.92 Å². The normalized spacial score (nSPS) is 10.5. The lowest BCUT2D eigenvalue weighted by molar-refractivity contribution is 0.111. The van der Waals surface area contributed by atoms with Crippen molar-refractivity contribution < 1.29 is 9.90 Å². The van der Waals surface area contributed by atoms with Crippen molar-refractivity contribution >= 4 is 6.29 Å². The summed E-state index contributed by atoms with van der Waals surface area (Å²) in [7, 11) is 0. The number of aromatic amines is 1. The summed E-state index contributed by atoms with van der Waals surface area (Å²) < 4.78 is 0. The zero-order chi connectivity index (χ0) is 10.6. The Morgan fingerprint density at radius 3 is 2.71 bits per heavy atom. The maximum Gasteiger partial charge on any atom is 0.166 e. The number of aryl methyl sites for hydroxylation is 1. The minimum absolute atomic E-state index is 0.199. The predicted octanol–water partition coefficient (Wildman–Crippen LogP) is 1.62. The van der Waals surface area contributed by atoms with Crippen molar-refractivity contribution in [1.82, 2.24) is 4.98 Å². The molecule has 78 valence electrons. The van der Waals surface area contributed by atoms with Crippen LogP contribution in [0.2, 0.25) is 0 Å². The van der Waals surface area contributed by atoms with E-state index in [4.69, 9.17) is 5.11 Å². The molecule has 0 aliphatic carbocycles. The van der Waals surface area contributed by atoms with Crippen LogP contribution in [0.4, 0.5) is 0 Å². The van der Waals surface area contributed by atoms with Gasteiger partial charge >= 0.3 is 0 Å². The molecule has 0 unspecified atom stereocenters. The summed E-state index contributed by atoms with van der Waals surface area (Å²) in [6, 6.07) is 0. The average molecular weight is 195 g/mol. The molecule has 1 rings (SSSR count). The van der Waals surface area contributed by atoms with Gasteiger partial charge < -0.3 is 10.1 Å². The third-order valence-electron chi connectivity index (χ3n) is 2.56. The Balaban J connectivity index is 2.98. The SMILES string of the molecule is CCc1[nH]c(C=O)c(C)c1CCCO. The molecule has 0 saturated heterocycles. The molecule has 0 spiro atoms. The number of hydrogen-bond donors (Lipinski definition) is 2. The number of nitrogens with one attached hydrogen (secondary N) is 1. The van der Waals surface area contributed by atoms with Crippen LogP contribution >= 0.6 is 0 Å². The lowest BCUT2D eigenvalue weighted by Gasteiger charge is -2.01. The summed E-state index contributed by atoms with van der Waals surface area (Å²) in [4.78, 5) is 13.8. The zero-order valence-electron chi connectivity index (χ0n) is 8.76. The first-order valence-corrected chi connectivity index (χ1v) is 5.00. The van der Waals surface area contributed by atoms with Crippen LogP contribution in [-0.4, -0.2) is 23.0 Å². The highest BCUT2D eigenvalue weighted by atomic mass is 16.2. The molecule has 0 bridgehead atoms. The molecule has 0 aromatic carbocycles. The molecule has 0 atom stereocenters. The van der Waals surface area contributed by atoms with E-state index in [1.54, 1.807) is 0 Å². The summed E-state index contributed by atoms with van der Waals surface area (Å²) in [5.41, 5.74) is 4.03. The quantitative estimate of drug-likeness (QED) is 0.701. The summed E-state index contributed by atoms with van der Waals surface area (Å²) in [5, 5.41) is 8.77. The number of rotatable bonds is 5. The van der Waals surface area contributed by atoms with Crippen LogP contribution in [0.5, 0.6) is 0 Å². The molecule has 1 aromatic rings. The van der Waals surface area contributed by atoms with Crippen molar-refractivity contribution in [3.63, 3.8) is 0 Å². The van der Waals surface area contributed by atoms with Crippen LogP contribution in [0.3, 0.4) is 0 Å². The minimum atomic E-state index is 0.199. The highest BCUT2D eigenvalue weighted by Crippen LogP contribution is 2.19. The summed E-state index contributed by atoms with van der Waals surface area (Å²) in [6.45, 7) is 4.21. The number of aliphatic hydroxyl groups is 1. The van der Waals surface area contributed by atoms with Gasteiger partial charge in [0.1, 0.15) is 0 Å². The smallest absolute Gasteiger partial charge is 0.166 e. The molecule has 2 N–H and O–H groups in total. The monoisotopic (exact) mass is 195 g/mol. The van der Waals surface area contributed by atoms with E-state index in [0.29, 0.717) is 5.69 Å². The third-order valence-corrected chi connectivity index (χ3v) is 2.56. The molecule has 0 aliphatic rings. The predicted molar refractivity (Wildman–Crippen MR) is 55.7 cm³/mol. The Morgan fingerprint density at radius 2 is 2.21 bits per heavy atom. The maximum atomic E-state index is 10.7. The van der Waals surface area contributed by atoms with Crippen LogP contribution in [0.25, 0.3) is 0 Å². The molecule has 3 heteroatoms. The third kappa shape index (κ3) is 2.04. The van der Waals surface area contributed by atoms with E-state index < -0.39 is 0 Å². The van der Waals surface area contributed by atoms with E-state index in [-0.39, 0.29) is 6.61 Å². The Hall–Kier alpha value is -1.09. The number of hydrogen-bond acceptors (Lipinski definition) is 2. The summed E-state index contributed by atoms with van der Waals surface area (Å²) in [6.07, 6.45) is 3.35. The Bertz CT molecular complexity index is 315. The first kappa shape index (κ1) is 11.0. The van der Waals surface area contributed by atoms with Gasteiger partial charge in [-0.05, 0) is 37.3 Å². The van der Waals surface area contributed by atoms with Gasteiger partial charge in [-0.2, -0.15) is 0 Å². The number of aldehydes is 1. The van der Waals surface area contributed by atoms with Gasteiger partial charge in [0.15, 0.2) is 6.29 Å². The number of H-pyrrole nitrogens is 1. The van der Waals surface area contributed by atoms with Gasteiger partial charge in [0.25, 0.3) is 0 Å². The summed E-state index contributed by atoms with van der Waals surface area (Å²) in [5.74, 6) is 0. The van der Waals surface area contributed by atoms with E-state index >= 15 is 0 Å². The van der Waals surface area contributed by atoms with Gasteiger partial charge in [-0.15, -0.1) is 0 Å². The Morgan fingerprint density at radius 1 is 1.50 bits per heavy atom. The molecular formula is C11H17NO2. The van der Waals surface area contributed by atoms with Gasteiger partial charge in [-0.1, -0.05) is 6.92 Å². The van der Waals surface area contributed by atoms with Crippen molar-refractivity contribution in [3.8, 4) is 0 Å². The standard InChI is InChI=1S/C11H17NO2/c1-3-10-9(5-4-6-13)8(2)11(7-14)12-10/h7,12-13H,3-6H2,1-2H3. The van der Waals surface area contributed by atoms with Crippen LogP contribution in [0.1, 0.15) is 40.7 Å². The van der Waals surface area contributed by atoms with Crippen LogP contribution < -0.4 is 0 Å². The second kappa shape index (κ2) is 4.96. The first-order valence-electron chi connectivity index (χ1n) is 5.00. The molecule has 0 amide bonds. The van der Waals surface area contributed by atoms with E-state index in [2.05, 4.69) is 11.9 Å². The molecule has 0 radical (unpaired) electrons. The molecule has 1 aromatic heterocycles. The lowest BCUT2D eigenvalue weighted by Crippen LogP contribution is -1.94. The van der Waals surface area contributed by atoms with Crippen molar-refractivity contribution in [2.45, 2.75) is 33.1 Å². The second-order valence-corrected chi connectivity index (χ2v) is 3.42. The molecule has 0 fully saturated rings. The number of aromatic nitrogens is 1. The second-order valence-electron chi connectivity index (χ2n) is 3.42. The van der Waals surface area contributed by atoms with E-state index in [0.717, 1.165) is 36.8 Å². The van der Waals surface area contributed by atoms with Crippen LogP contribution in [0.15, 0.2) is 0 Å². The molecule has 1 heterocycles. The molecule has 14 heavy (non-hydrogen) atoms. The van der Waals surface area contributed by atoms with Gasteiger partial charge in [-0.3, -0.25) is 4.79 Å². The maximum absolute atomic E-state index is 10.7. The number of carbonyl (C=O) groups is 1. The van der Waals surface area contributed by atoms with Gasteiger partial charge in [0.2, 0.25) is 0 Å². The minimum Gasteiger partial charge on any atom is -0.396 e. The van der Waals surface area contributed by atoms with Gasteiger partial charge in [-0.25, -0.2) is 0 Å². The molecule has 0 saturated carbocycles. The molecular weight excluding hydrogens is 178 g/mol. The highest BCUT2D eigenvalue weighted by molar-refractivity contribution is 5.75. The van der Waals surface area contributed by atoms with Gasteiger partial charge in [0.05, 0.1) is 5.69 Å². The van der Waals surface area contributed by atoms with Gasteiger partial charge in [0, 0.05) is 12.3 Å². The fourth-order valence-electron chi connectivity index (χ4n) is 1.73. The number of carbonyl (C=O) groups excluding carboxylic acids is 1. The molecule has 3 nitrogen and oxygen atoms in total. The van der Waals surface area contributed by atoms with Crippen molar-refractivity contribution in [1.29, 1.82) is 0 Å². The Labute approximate surface area is 84.2 Å². The average Bonchev–Trinajstić information content (AvgIpc) is 2.52. The van der Waals surface area contributed by atoms with Crippen molar-refractivity contribution in [2.75, 3.05) is 6.61 Å². The topological polar surface area (TPSA) is 53.1 Å². The van der Waals surface area contributed by atoms with Crippen molar-refractivity contribution in [3.05, 3.63) is 22.5 Å². The van der Waals surface area contributed by atoms with Crippen molar-refractivity contribution in [2.24, 2.45) is 0 Å². The van der Waals surface area contributed by atoms with E-state index in [1.165, 1.54) is 5.56 Å². The van der Waals surface area contributed by atoms with E-state index in [1.807, 2.05) is 6.92 Å². The number of aliphatic hydroxyl groups excluding tert-OH is 1. The van der Waals surface area contributed by atoms with Crippen LogP contribution in [-0.2, 0) is 12.8 Å². The zero-order valence-corrected chi connectivity index (χ0v) is 8.76. The fourth-order valence-corrected chi connectivity index (χ4v) is 1.73. The highest BCUT2D eigenvalue weighted by Gasteiger charge is 2.11. The summed E-state index contributed by atoms with van der Waals surface area (Å²) >= 11 is 0. The lowest BCUT2D eigenvalue weighted by atomic mass is 10.0. The van der Waals surface area contributed by atoms with E-state index in [9.17, 15) is 4.79 Å². The largest absolute Gasteiger partial charge is 0.396 e. The first-order chi connectivity index (χ1) is 6.74. The molecule has 0 aliphatic heterocycles. The fraction of sp³-hybridized carbons (Fsp3) is 0.545. The Kier molecular flexibility index (Phi) is 3.89.